The Morgan fingerprint density at radius 1 is 1.03 bits per heavy atom. The third-order valence-corrected chi connectivity index (χ3v) is 6.13. The lowest BCUT2D eigenvalue weighted by atomic mass is 9.90. The van der Waals surface area contributed by atoms with E-state index < -0.39 is 0 Å². The Bertz CT molecular complexity index is 1120. The molecule has 0 radical (unpaired) electrons. The van der Waals surface area contributed by atoms with Gasteiger partial charge in [-0.25, -0.2) is 13.6 Å². The quantitative estimate of drug-likeness (QED) is 0.452. The summed E-state index contributed by atoms with van der Waals surface area (Å²) >= 11 is 0. The number of carbonyl (C=O) groups excluding carboxylic acids is 1. The zero-order valence-corrected chi connectivity index (χ0v) is 19.2. The Morgan fingerprint density at radius 3 is 2.62 bits per heavy atom. The molecule has 0 aromatic heterocycles. The summed E-state index contributed by atoms with van der Waals surface area (Å²) in [5.74, 6) is 0.198. The average Bonchev–Trinajstić information content (AvgIpc) is 2.83. The van der Waals surface area contributed by atoms with Gasteiger partial charge in [-0.3, -0.25) is 4.90 Å². The van der Waals surface area contributed by atoms with Crippen LogP contribution in [0.1, 0.15) is 23.1 Å². The molecule has 3 aromatic carbocycles. The fourth-order valence-electron chi connectivity index (χ4n) is 4.39. The highest BCUT2D eigenvalue weighted by molar-refractivity contribution is 5.89. The highest BCUT2D eigenvalue weighted by atomic mass is 19.1. The van der Waals surface area contributed by atoms with E-state index in [1.807, 2.05) is 18.2 Å². The number of amides is 2. The molecule has 2 amide bonds. The molecule has 1 aliphatic heterocycles. The van der Waals surface area contributed by atoms with Gasteiger partial charge in [0.05, 0.1) is 7.11 Å². The number of halogens is 2. The highest BCUT2D eigenvalue weighted by Crippen LogP contribution is 2.26. The summed E-state index contributed by atoms with van der Waals surface area (Å²) in [5.41, 5.74) is 3.86. The maximum absolute atomic E-state index is 13.8. The molecule has 0 aliphatic carbocycles. The minimum Gasteiger partial charge on any atom is -0.497 e. The minimum atomic E-state index is -0.268. The number of nitrogens with zero attached hydrogens (tertiary/aromatic N) is 1. The Balaban J connectivity index is 1.33. The van der Waals surface area contributed by atoms with Crippen molar-refractivity contribution < 1.29 is 18.3 Å². The van der Waals surface area contributed by atoms with Crippen LogP contribution in [0.5, 0.6) is 5.75 Å². The molecule has 34 heavy (non-hydrogen) atoms. The van der Waals surface area contributed by atoms with Crippen LogP contribution in [0.4, 0.5) is 19.3 Å². The first-order chi connectivity index (χ1) is 16.5. The monoisotopic (exact) mass is 465 g/mol. The zero-order chi connectivity index (χ0) is 23.9. The van der Waals surface area contributed by atoms with Gasteiger partial charge in [-0.05, 0) is 72.4 Å². The van der Waals surface area contributed by atoms with E-state index in [1.165, 1.54) is 18.2 Å². The Morgan fingerprint density at radius 2 is 1.82 bits per heavy atom. The van der Waals surface area contributed by atoms with Crippen molar-refractivity contribution in [2.75, 3.05) is 25.5 Å². The summed E-state index contributed by atoms with van der Waals surface area (Å²) in [6.45, 7) is 2.02. The van der Waals surface area contributed by atoms with Crippen molar-refractivity contribution in [1.29, 1.82) is 0 Å². The van der Waals surface area contributed by atoms with Crippen LogP contribution in [0.2, 0.25) is 0 Å². The number of urea groups is 1. The molecule has 3 aromatic rings. The van der Waals surface area contributed by atoms with Crippen molar-refractivity contribution in [1.82, 2.24) is 10.2 Å². The number of fused-ring (bicyclic) bond motifs is 1. The maximum Gasteiger partial charge on any atom is 0.319 e. The summed E-state index contributed by atoms with van der Waals surface area (Å²) in [7, 11) is 1.58. The lowest BCUT2D eigenvalue weighted by Crippen LogP contribution is -2.43. The first kappa shape index (κ1) is 23.7. The first-order valence-corrected chi connectivity index (χ1v) is 11.4. The second-order valence-electron chi connectivity index (χ2n) is 8.54. The van der Waals surface area contributed by atoms with E-state index in [0.717, 1.165) is 49.0 Å². The molecule has 1 heterocycles. The van der Waals surface area contributed by atoms with E-state index in [4.69, 9.17) is 4.74 Å². The molecular formula is C27H29F2N3O2. The van der Waals surface area contributed by atoms with Crippen LogP contribution in [0, 0.1) is 11.6 Å². The molecule has 1 unspecified atom stereocenters. The molecule has 0 saturated heterocycles. The molecule has 2 N–H and O–H groups in total. The lowest BCUT2D eigenvalue weighted by Gasteiger charge is -2.37. The first-order valence-electron chi connectivity index (χ1n) is 11.4. The third-order valence-electron chi connectivity index (χ3n) is 6.13. The van der Waals surface area contributed by atoms with Crippen LogP contribution in [0.15, 0.2) is 66.7 Å². The minimum absolute atomic E-state index is 0.172. The van der Waals surface area contributed by atoms with Gasteiger partial charge in [-0.1, -0.05) is 24.3 Å². The van der Waals surface area contributed by atoms with Gasteiger partial charge >= 0.3 is 6.03 Å². The molecule has 0 fully saturated rings. The van der Waals surface area contributed by atoms with Crippen LogP contribution < -0.4 is 15.4 Å². The van der Waals surface area contributed by atoms with E-state index in [-0.39, 0.29) is 23.7 Å². The summed E-state index contributed by atoms with van der Waals surface area (Å²) < 4.78 is 32.3. The van der Waals surface area contributed by atoms with Crippen molar-refractivity contribution in [3.8, 4) is 5.75 Å². The van der Waals surface area contributed by atoms with E-state index in [9.17, 15) is 13.6 Å². The van der Waals surface area contributed by atoms with Gasteiger partial charge < -0.3 is 15.4 Å². The lowest BCUT2D eigenvalue weighted by molar-refractivity contribution is 0.167. The predicted molar refractivity (Wildman–Crippen MR) is 129 cm³/mol. The fraction of sp³-hybridized carbons (Fsp3) is 0.296. The molecule has 0 spiro atoms. The molecule has 1 aliphatic rings. The van der Waals surface area contributed by atoms with Gasteiger partial charge in [-0.15, -0.1) is 0 Å². The van der Waals surface area contributed by atoms with Gasteiger partial charge in [-0.2, -0.15) is 0 Å². The number of rotatable bonds is 8. The Kier molecular flexibility index (Phi) is 7.75. The number of carbonyl (C=O) groups is 1. The smallest absolute Gasteiger partial charge is 0.319 e. The maximum atomic E-state index is 13.8. The van der Waals surface area contributed by atoms with Gasteiger partial charge in [0.25, 0.3) is 0 Å². The second kappa shape index (κ2) is 11.1. The van der Waals surface area contributed by atoms with Gasteiger partial charge in [0, 0.05) is 37.4 Å². The Labute approximate surface area is 198 Å². The van der Waals surface area contributed by atoms with Gasteiger partial charge in [0.1, 0.15) is 17.4 Å². The zero-order valence-electron chi connectivity index (χ0n) is 19.2. The topological polar surface area (TPSA) is 53.6 Å². The molecule has 0 bridgehead atoms. The number of anilines is 1. The van der Waals surface area contributed by atoms with Crippen molar-refractivity contribution in [3.05, 3.63) is 95.1 Å². The predicted octanol–water partition coefficient (Wildman–Crippen LogP) is 5.15. The van der Waals surface area contributed by atoms with E-state index >= 15 is 0 Å². The molecule has 0 saturated carbocycles. The molecule has 1 atom stereocenters. The van der Waals surface area contributed by atoms with Crippen LogP contribution in [-0.2, 0) is 19.4 Å². The standard InChI is InChI=1S/C27H29F2N3O2/c1-34-26-5-2-4-24(17-26)31-27(33)30-12-3-13-32-18-20-8-11-23(29)15-21(20)16-25(32)14-19-6-9-22(28)10-7-19/h2,4-11,15,17,25H,3,12-14,16,18H2,1H3,(H2,30,31,33). The average molecular weight is 466 g/mol. The number of hydrogen-bond acceptors (Lipinski definition) is 3. The van der Waals surface area contributed by atoms with E-state index in [2.05, 4.69) is 15.5 Å². The van der Waals surface area contributed by atoms with E-state index in [0.29, 0.717) is 18.0 Å². The van der Waals surface area contributed by atoms with Crippen LogP contribution >= 0.6 is 0 Å². The summed E-state index contributed by atoms with van der Waals surface area (Å²) in [6.07, 6.45) is 2.25. The summed E-state index contributed by atoms with van der Waals surface area (Å²) in [6, 6.07) is 18.6. The Hall–Kier alpha value is -3.45. The van der Waals surface area contributed by atoms with Crippen molar-refractivity contribution in [2.24, 2.45) is 0 Å². The SMILES string of the molecule is COc1cccc(NC(=O)NCCCN2Cc3ccc(F)cc3CC2Cc2ccc(F)cc2)c1. The van der Waals surface area contributed by atoms with Crippen molar-refractivity contribution in [3.63, 3.8) is 0 Å². The summed E-state index contributed by atoms with van der Waals surface area (Å²) in [4.78, 5) is 14.6. The molecule has 4 rings (SSSR count). The molecule has 178 valence electrons. The number of hydrogen-bond donors (Lipinski definition) is 2. The fourth-order valence-corrected chi connectivity index (χ4v) is 4.39. The van der Waals surface area contributed by atoms with Gasteiger partial charge in [0.15, 0.2) is 0 Å². The number of methoxy groups -OCH3 is 1. The van der Waals surface area contributed by atoms with Crippen molar-refractivity contribution >= 4 is 11.7 Å². The van der Waals surface area contributed by atoms with E-state index in [1.54, 1.807) is 37.4 Å². The van der Waals surface area contributed by atoms with Crippen molar-refractivity contribution in [2.45, 2.75) is 31.8 Å². The van der Waals surface area contributed by atoms with Gasteiger partial charge in [0.2, 0.25) is 0 Å². The molecular weight excluding hydrogens is 436 g/mol. The summed E-state index contributed by atoms with van der Waals surface area (Å²) in [5, 5.41) is 5.71. The highest BCUT2D eigenvalue weighted by Gasteiger charge is 2.26. The third kappa shape index (κ3) is 6.32. The molecule has 7 heteroatoms. The normalized spacial score (nSPS) is 15.4. The largest absolute Gasteiger partial charge is 0.497 e. The molecule has 5 nitrogen and oxygen atoms in total. The number of benzene rings is 3. The number of ether oxygens (including phenoxy) is 1. The number of nitrogens with one attached hydrogen (secondary N) is 2. The van der Waals surface area contributed by atoms with Crippen LogP contribution in [0.3, 0.4) is 0 Å². The second-order valence-corrected chi connectivity index (χ2v) is 8.54. The van der Waals surface area contributed by atoms with Crippen LogP contribution in [-0.4, -0.2) is 37.2 Å². The van der Waals surface area contributed by atoms with Crippen LogP contribution in [0.25, 0.3) is 0 Å².